The molecule has 1 aromatic heterocycles. The molecule has 0 aliphatic carbocycles. The highest BCUT2D eigenvalue weighted by atomic mass is 35.5. The zero-order valence-electron chi connectivity index (χ0n) is 9.70. The standard InChI is InChI=1S/C13H14ClN3/c1-17-12-3-2-10(14)8-11(12)13(16-17)9-4-6-15-7-5-9/h2-4,8,15H,5-7H2,1H3. The van der Waals surface area contributed by atoms with Gasteiger partial charge in [0.05, 0.1) is 11.2 Å². The van der Waals surface area contributed by atoms with Crippen molar-refractivity contribution in [2.45, 2.75) is 6.42 Å². The third-order valence-corrected chi connectivity index (χ3v) is 3.42. The van der Waals surface area contributed by atoms with Crippen LogP contribution in [0.5, 0.6) is 0 Å². The first-order valence-corrected chi connectivity index (χ1v) is 6.16. The lowest BCUT2D eigenvalue weighted by atomic mass is 10.0. The first-order chi connectivity index (χ1) is 8.25. The van der Waals surface area contributed by atoms with Crippen molar-refractivity contribution in [3.05, 3.63) is 35.0 Å². The summed E-state index contributed by atoms with van der Waals surface area (Å²) in [6.07, 6.45) is 3.24. The quantitative estimate of drug-likeness (QED) is 0.840. The van der Waals surface area contributed by atoms with Gasteiger partial charge in [-0.1, -0.05) is 17.7 Å². The number of benzene rings is 1. The Bertz CT molecular complexity index is 598. The normalized spacial score (nSPS) is 16.2. The van der Waals surface area contributed by atoms with Crippen LogP contribution in [-0.4, -0.2) is 22.9 Å². The van der Waals surface area contributed by atoms with Crippen molar-refractivity contribution in [2.75, 3.05) is 13.1 Å². The molecule has 1 aliphatic rings. The number of nitrogens with one attached hydrogen (secondary N) is 1. The van der Waals surface area contributed by atoms with Crippen molar-refractivity contribution in [3.8, 4) is 0 Å². The van der Waals surface area contributed by atoms with Crippen LogP contribution in [0.15, 0.2) is 24.3 Å². The number of hydrogen-bond donors (Lipinski definition) is 1. The van der Waals surface area contributed by atoms with E-state index >= 15 is 0 Å². The molecule has 0 unspecified atom stereocenters. The van der Waals surface area contributed by atoms with E-state index in [0.717, 1.165) is 41.1 Å². The maximum Gasteiger partial charge on any atom is 0.0959 e. The molecule has 88 valence electrons. The summed E-state index contributed by atoms with van der Waals surface area (Å²) >= 11 is 6.07. The van der Waals surface area contributed by atoms with Crippen LogP contribution >= 0.6 is 11.6 Å². The number of fused-ring (bicyclic) bond motifs is 1. The molecular formula is C13H14ClN3. The fourth-order valence-corrected chi connectivity index (χ4v) is 2.48. The summed E-state index contributed by atoms with van der Waals surface area (Å²) in [4.78, 5) is 0. The predicted molar refractivity (Wildman–Crippen MR) is 71.2 cm³/mol. The zero-order valence-corrected chi connectivity index (χ0v) is 10.5. The predicted octanol–water partition coefficient (Wildman–Crippen LogP) is 2.60. The van der Waals surface area contributed by atoms with Crippen molar-refractivity contribution in [1.29, 1.82) is 0 Å². The van der Waals surface area contributed by atoms with Gasteiger partial charge in [0.1, 0.15) is 0 Å². The van der Waals surface area contributed by atoms with Gasteiger partial charge >= 0.3 is 0 Å². The Morgan fingerprint density at radius 1 is 1.41 bits per heavy atom. The summed E-state index contributed by atoms with van der Waals surface area (Å²) in [5.41, 5.74) is 3.52. The summed E-state index contributed by atoms with van der Waals surface area (Å²) in [6, 6.07) is 5.93. The molecular weight excluding hydrogens is 234 g/mol. The molecule has 3 nitrogen and oxygen atoms in total. The Balaban J connectivity index is 2.22. The van der Waals surface area contributed by atoms with Crippen LogP contribution in [0.25, 0.3) is 16.5 Å². The van der Waals surface area contributed by atoms with E-state index in [9.17, 15) is 0 Å². The van der Waals surface area contributed by atoms with Crippen molar-refractivity contribution in [3.63, 3.8) is 0 Å². The van der Waals surface area contributed by atoms with Crippen molar-refractivity contribution < 1.29 is 0 Å². The number of rotatable bonds is 1. The molecule has 0 amide bonds. The van der Waals surface area contributed by atoms with E-state index in [4.69, 9.17) is 11.6 Å². The minimum absolute atomic E-state index is 0.765. The summed E-state index contributed by atoms with van der Waals surface area (Å²) in [7, 11) is 1.97. The van der Waals surface area contributed by atoms with Gasteiger partial charge in [0.2, 0.25) is 0 Å². The van der Waals surface area contributed by atoms with Crippen LogP contribution in [0.1, 0.15) is 12.1 Å². The van der Waals surface area contributed by atoms with Gasteiger partial charge in [-0.3, -0.25) is 4.68 Å². The highest BCUT2D eigenvalue weighted by Gasteiger charge is 2.14. The van der Waals surface area contributed by atoms with Gasteiger partial charge in [0, 0.05) is 24.0 Å². The zero-order chi connectivity index (χ0) is 11.8. The van der Waals surface area contributed by atoms with Crippen LogP contribution < -0.4 is 5.32 Å². The van der Waals surface area contributed by atoms with Crippen molar-refractivity contribution >= 4 is 28.1 Å². The molecule has 0 atom stereocenters. The number of aromatic nitrogens is 2. The minimum atomic E-state index is 0.765. The summed E-state index contributed by atoms with van der Waals surface area (Å²) in [5.74, 6) is 0. The van der Waals surface area contributed by atoms with Gasteiger partial charge in [0.15, 0.2) is 0 Å². The van der Waals surface area contributed by atoms with E-state index in [0.29, 0.717) is 0 Å². The van der Waals surface area contributed by atoms with Gasteiger partial charge in [-0.2, -0.15) is 5.10 Å². The highest BCUT2D eigenvalue weighted by molar-refractivity contribution is 6.31. The molecule has 17 heavy (non-hydrogen) atoms. The van der Waals surface area contributed by atoms with E-state index in [1.807, 2.05) is 29.9 Å². The van der Waals surface area contributed by atoms with Gasteiger partial charge < -0.3 is 5.32 Å². The Morgan fingerprint density at radius 2 is 2.29 bits per heavy atom. The SMILES string of the molecule is Cn1nc(C2=CCNCC2)c2cc(Cl)ccc21. The molecule has 1 aliphatic heterocycles. The molecule has 0 saturated heterocycles. The lowest BCUT2D eigenvalue weighted by Gasteiger charge is -2.12. The second-order valence-electron chi connectivity index (χ2n) is 4.32. The smallest absolute Gasteiger partial charge is 0.0959 e. The molecule has 0 saturated carbocycles. The van der Waals surface area contributed by atoms with Crippen LogP contribution in [0.2, 0.25) is 5.02 Å². The molecule has 0 spiro atoms. The van der Waals surface area contributed by atoms with Gasteiger partial charge in [-0.25, -0.2) is 0 Å². The molecule has 1 N–H and O–H groups in total. The Labute approximate surface area is 105 Å². The average Bonchev–Trinajstić information content (AvgIpc) is 2.67. The fraction of sp³-hybridized carbons (Fsp3) is 0.308. The molecule has 0 bridgehead atoms. The Kier molecular flexibility index (Phi) is 2.65. The third kappa shape index (κ3) is 1.85. The van der Waals surface area contributed by atoms with Crippen molar-refractivity contribution in [2.24, 2.45) is 7.05 Å². The largest absolute Gasteiger partial charge is 0.313 e. The van der Waals surface area contributed by atoms with Crippen LogP contribution in [0.4, 0.5) is 0 Å². The number of hydrogen-bond acceptors (Lipinski definition) is 2. The number of nitrogens with zero attached hydrogens (tertiary/aromatic N) is 2. The van der Waals surface area contributed by atoms with E-state index in [2.05, 4.69) is 16.5 Å². The number of aryl methyl sites for hydroxylation is 1. The first kappa shape index (κ1) is 10.8. The van der Waals surface area contributed by atoms with Gasteiger partial charge in [-0.05, 0) is 36.7 Å². The molecule has 2 heterocycles. The average molecular weight is 248 g/mol. The molecule has 1 aromatic carbocycles. The second-order valence-corrected chi connectivity index (χ2v) is 4.75. The monoisotopic (exact) mass is 247 g/mol. The van der Waals surface area contributed by atoms with E-state index in [1.165, 1.54) is 5.57 Å². The van der Waals surface area contributed by atoms with Crippen LogP contribution in [-0.2, 0) is 7.05 Å². The maximum absolute atomic E-state index is 6.07. The minimum Gasteiger partial charge on any atom is -0.313 e. The fourth-order valence-electron chi connectivity index (χ4n) is 2.31. The van der Waals surface area contributed by atoms with E-state index < -0.39 is 0 Å². The molecule has 4 heteroatoms. The third-order valence-electron chi connectivity index (χ3n) is 3.18. The number of halogens is 1. The van der Waals surface area contributed by atoms with E-state index in [-0.39, 0.29) is 0 Å². The highest BCUT2D eigenvalue weighted by Crippen LogP contribution is 2.28. The molecule has 0 fully saturated rings. The topological polar surface area (TPSA) is 29.9 Å². The molecule has 2 aromatic rings. The first-order valence-electron chi connectivity index (χ1n) is 5.78. The van der Waals surface area contributed by atoms with E-state index in [1.54, 1.807) is 0 Å². The van der Waals surface area contributed by atoms with Crippen LogP contribution in [0.3, 0.4) is 0 Å². The summed E-state index contributed by atoms with van der Waals surface area (Å²) in [6.45, 7) is 1.94. The maximum atomic E-state index is 6.07. The molecule has 3 rings (SSSR count). The lowest BCUT2D eigenvalue weighted by Crippen LogP contribution is -2.20. The molecule has 0 radical (unpaired) electrons. The van der Waals surface area contributed by atoms with Gasteiger partial charge in [0.25, 0.3) is 0 Å². The van der Waals surface area contributed by atoms with Crippen molar-refractivity contribution in [1.82, 2.24) is 15.1 Å². The second kappa shape index (κ2) is 4.17. The summed E-state index contributed by atoms with van der Waals surface area (Å²) in [5, 5.41) is 9.84. The van der Waals surface area contributed by atoms with Crippen LogP contribution in [0, 0.1) is 0 Å². The Hall–Kier alpha value is -1.32. The Morgan fingerprint density at radius 3 is 3.06 bits per heavy atom. The lowest BCUT2D eigenvalue weighted by molar-refractivity contribution is 0.730. The summed E-state index contributed by atoms with van der Waals surface area (Å²) < 4.78 is 1.92. The van der Waals surface area contributed by atoms with Gasteiger partial charge in [-0.15, -0.1) is 0 Å².